The molecular formula is C60H113O11P. The zero-order valence-electron chi connectivity index (χ0n) is 46.9. The van der Waals surface area contributed by atoms with Gasteiger partial charge in [-0.05, 0) is 70.6 Å². The van der Waals surface area contributed by atoms with Gasteiger partial charge in [-0.25, -0.2) is 4.57 Å². The number of phosphoric ester groups is 1. The molecule has 0 radical (unpaired) electrons. The number of allylic oxidation sites excluding steroid dienone is 4. The predicted molar refractivity (Wildman–Crippen MR) is 298 cm³/mol. The number of hydrogen-bond donors (Lipinski definition) is 2. The monoisotopic (exact) mass is 1040 g/mol. The van der Waals surface area contributed by atoms with Crippen LogP contribution in [0.15, 0.2) is 24.3 Å². The SMILES string of the molecule is CCCCCC/C=C\CCCCCCCC(=O)OCC(COP(=O)(O)OCC(CO)OC(=O)CCCCCCC/C=C\CCCCCCCC)OC(=O)CCCCCCCCCCCCCCCCCCC. The lowest BCUT2D eigenvalue weighted by atomic mass is 10.0. The first-order chi connectivity index (χ1) is 35.2. The first-order valence-electron chi connectivity index (χ1n) is 30.2. The summed E-state index contributed by atoms with van der Waals surface area (Å²) in [5.41, 5.74) is 0. The Morgan fingerprint density at radius 2 is 0.639 bits per heavy atom. The van der Waals surface area contributed by atoms with Gasteiger partial charge < -0.3 is 24.2 Å². The van der Waals surface area contributed by atoms with Crippen molar-refractivity contribution < 1.29 is 52.2 Å². The maximum absolute atomic E-state index is 12.9. The van der Waals surface area contributed by atoms with E-state index in [9.17, 15) is 28.9 Å². The van der Waals surface area contributed by atoms with E-state index >= 15 is 0 Å². The van der Waals surface area contributed by atoms with Gasteiger partial charge in [0.25, 0.3) is 0 Å². The summed E-state index contributed by atoms with van der Waals surface area (Å²) in [4.78, 5) is 48.6. The summed E-state index contributed by atoms with van der Waals surface area (Å²) in [5.74, 6) is -1.46. The average Bonchev–Trinajstić information content (AvgIpc) is 3.37. The van der Waals surface area contributed by atoms with Crippen LogP contribution in [0.5, 0.6) is 0 Å². The molecule has 0 aliphatic heterocycles. The van der Waals surface area contributed by atoms with Gasteiger partial charge in [-0.15, -0.1) is 0 Å². The molecule has 0 aliphatic carbocycles. The Balaban J connectivity index is 4.67. The Kier molecular flexibility index (Phi) is 53.6. The van der Waals surface area contributed by atoms with Gasteiger partial charge in [-0.3, -0.25) is 23.4 Å². The van der Waals surface area contributed by atoms with Crippen molar-refractivity contribution in [2.45, 2.75) is 315 Å². The second kappa shape index (κ2) is 55.2. The van der Waals surface area contributed by atoms with E-state index in [-0.39, 0.29) is 25.9 Å². The Morgan fingerprint density at radius 1 is 0.375 bits per heavy atom. The molecule has 3 unspecified atom stereocenters. The third kappa shape index (κ3) is 52.8. The van der Waals surface area contributed by atoms with Gasteiger partial charge in [0, 0.05) is 19.3 Å². The highest BCUT2D eigenvalue weighted by molar-refractivity contribution is 7.47. The fourth-order valence-electron chi connectivity index (χ4n) is 8.70. The largest absolute Gasteiger partial charge is 0.472 e. The molecule has 72 heavy (non-hydrogen) atoms. The second-order valence-electron chi connectivity index (χ2n) is 20.5. The summed E-state index contributed by atoms with van der Waals surface area (Å²) < 4.78 is 39.6. The molecule has 0 spiro atoms. The number of rotatable bonds is 57. The smallest absolute Gasteiger partial charge is 0.462 e. The molecule has 0 saturated heterocycles. The van der Waals surface area contributed by atoms with Crippen molar-refractivity contribution in [1.82, 2.24) is 0 Å². The van der Waals surface area contributed by atoms with E-state index in [1.54, 1.807) is 0 Å². The summed E-state index contributed by atoms with van der Waals surface area (Å²) in [6.45, 7) is 4.66. The molecule has 0 aromatic rings. The number of esters is 3. The van der Waals surface area contributed by atoms with E-state index in [0.717, 1.165) is 96.3 Å². The second-order valence-corrected chi connectivity index (χ2v) is 22.0. The molecular weight excluding hydrogens is 928 g/mol. The molecule has 0 aromatic carbocycles. The number of aliphatic hydroxyl groups is 1. The lowest BCUT2D eigenvalue weighted by Gasteiger charge is -2.21. The van der Waals surface area contributed by atoms with E-state index in [1.165, 1.54) is 148 Å². The van der Waals surface area contributed by atoms with Crippen LogP contribution >= 0.6 is 7.82 Å². The summed E-state index contributed by atoms with van der Waals surface area (Å²) in [6, 6.07) is 0. The molecule has 2 N–H and O–H groups in total. The molecule has 0 aliphatic rings. The molecule has 0 bridgehead atoms. The highest BCUT2D eigenvalue weighted by Gasteiger charge is 2.28. The first-order valence-corrected chi connectivity index (χ1v) is 31.7. The van der Waals surface area contributed by atoms with Crippen LogP contribution in [0.25, 0.3) is 0 Å². The molecule has 0 rings (SSSR count). The van der Waals surface area contributed by atoms with E-state index in [4.69, 9.17) is 23.3 Å². The van der Waals surface area contributed by atoms with E-state index in [0.29, 0.717) is 19.3 Å². The van der Waals surface area contributed by atoms with Crippen LogP contribution in [0.4, 0.5) is 0 Å². The maximum atomic E-state index is 12.9. The zero-order chi connectivity index (χ0) is 52.7. The van der Waals surface area contributed by atoms with Gasteiger partial charge >= 0.3 is 25.7 Å². The van der Waals surface area contributed by atoms with Crippen LogP contribution < -0.4 is 0 Å². The first kappa shape index (κ1) is 70.0. The van der Waals surface area contributed by atoms with Gasteiger partial charge in [0.15, 0.2) is 6.10 Å². The van der Waals surface area contributed by atoms with Crippen molar-refractivity contribution in [3.05, 3.63) is 24.3 Å². The van der Waals surface area contributed by atoms with Gasteiger partial charge in [0.2, 0.25) is 0 Å². The number of hydrogen-bond acceptors (Lipinski definition) is 10. The maximum Gasteiger partial charge on any atom is 0.472 e. The summed E-state index contributed by atoms with van der Waals surface area (Å²) in [7, 11) is -4.74. The molecule has 0 heterocycles. The zero-order valence-corrected chi connectivity index (χ0v) is 47.8. The number of unbranched alkanes of at least 4 members (excludes halogenated alkanes) is 36. The summed E-state index contributed by atoms with van der Waals surface area (Å²) in [5, 5.41) is 9.82. The summed E-state index contributed by atoms with van der Waals surface area (Å²) in [6.07, 6.45) is 55.6. The quantitative estimate of drug-likeness (QED) is 0.0197. The van der Waals surface area contributed by atoms with Crippen LogP contribution in [-0.2, 0) is 42.2 Å². The van der Waals surface area contributed by atoms with Gasteiger partial charge in [-0.2, -0.15) is 0 Å². The van der Waals surface area contributed by atoms with Crippen molar-refractivity contribution >= 4 is 25.7 Å². The van der Waals surface area contributed by atoms with Crippen molar-refractivity contribution in [2.75, 3.05) is 26.4 Å². The standard InChI is InChI=1S/C60H113O11P/c1-4-7-10-13-16-19-22-25-27-28-30-33-36-39-42-45-48-51-60(64)71-57(53-67-58(62)49-46-43-40-37-34-31-24-21-18-15-12-9-6-3)55-69-72(65,66)68-54-56(52-61)70-59(63)50-47-44-41-38-35-32-29-26-23-20-17-14-11-8-5-2/h21,24,26,29,56-57,61H,4-20,22-23,25,27-28,30-55H2,1-3H3,(H,65,66)/b24-21-,29-26-. The van der Waals surface area contributed by atoms with Crippen molar-refractivity contribution in [3.63, 3.8) is 0 Å². The van der Waals surface area contributed by atoms with Gasteiger partial charge in [0.1, 0.15) is 12.7 Å². The van der Waals surface area contributed by atoms with Crippen LogP contribution in [0.2, 0.25) is 0 Å². The van der Waals surface area contributed by atoms with Crippen molar-refractivity contribution in [3.8, 4) is 0 Å². The topological polar surface area (TPSA) is 155 Å². The average molecular weight is 1040 g/mol. The number of aliphatic hydroxyl groups excluding tert-OH is 1. The van der Waals surface area contributed by atoms with Crippen molar-refractivity contribution in [1.29, 1.82) is 0 Å². The third-order valence-corrected chi connectivity index (χ3v) is 14.3. The predicted octanol–water partition coefficient (Wildman–Crippen LogP) is 17.8. The van der Waals surface area contributed by atoms with Crippen molar-refractivity contribution in [2.24, 2.45) is 0 Å². The molecule has 0 saturated carbocycles. The highest BCUT2D eigenvalue weighted by Crippen LogP contribution is 2.43. The number of carbonyl (C=O) groups is 3. The minimum atomic E-state index is -4.74. The lowest BCUT2D eigenvalue weighted by molar-refractivity contribution is -0.161. The number of carbonyl (C=O) groups excluding carboxylic acids is 3. The van der Waals surface area contributed by atoms with Gasteiger partial charge in [-0.1, -0.05) is 238 Å². The fraction of sp³-hybridized carbons (Fsp3) is 0.883. The molecule has 0 amide bonds. The summed E-state index contributed by atoms with van der Waals surface area (Å²) >= 11 is 0. The number of phosphoric acid groups is 1. The Hall–Kier alpha value is -2.04. The molecule has 0 aromatic heterocycles. The van der Waals surface area contributed by atoms with Crippen LogP contribution in [0.3, 0.4) is 0 Å². The molecule has 3 atom stereocenters. The number of ether oxygens (including phenoxy) is 3. The molecule has 11 nitrogen and oxygen atoms in total. The Morgan fingerprint density at radius 3 is 0.972 bits per heavy atom. The fourth-order valence-corrected chi connectivity index (χ4v) is 9.48. The van der Waals surface area contributed by atoms with Crippen LogP contribution in [-0.4, -0.2) is 66.5 Å². The normalized spacial score (nSPS) is 13.5. The van der Waals surface area contributed by atoms with Crippen LogP contribution in [0.1, 0.15) is 303 Å². The third-order valence-electron chi connectivity index (χ3n) is 13.3. The Bertz CT molecular complexity index is 1310. The molecule has 12 heteroatoms. The molecule has 424 valence electrons. The minimum absolute atomic E-state index is 0.171. The van der Waals surface area contributed by atoms with Gasteiger partial charge in [0.05, 0.1) is 19.8 Å². The Labute approximate surface area is 442 Å². The lowest BCUT2D eigenvalue weighted by Crippen LogP contribution is -2.30. The molecule has 0 fully saturated rings. The highest BCUT2D eigenvalue weighted by atomic mass is 31.2. The van der Waals surface area contributed by atoms with E-state index in [2.05, 4.69) is 45.1 Å². The van der Waals surface area contributed by atoms with E-state index < -0.39 is 57.8 Å². The minimum Gasteiger partial charge on any atom is -0.462 e. The van der Waals surface area contributed by atoms with Crippen LogP contribution in [0, 0.1) is 0 Å². The van der Waals surface area contributed by atoms with E-state index in [1.807, 2.05) is 0 Å².